The Balaban J connectivity index is 2.52. The lowest BCUT2D eigenvalue weighted by Gasteiger charge is -2.01. The molecule has 84 valence electrons. The average Bonchev–Trinajstić information content (AvgIpc) is 2.65. The maximum atomic E-state index is 10.8. The van der Waals surface area contributed by atoms with Crippen LogP contribution in [0.4, 0.5) is 0 Å². The van der Waals surface area contributed by atoms with Gasteiger partial charge < -0.3 is 9.36 Å². The van der Waals surface area contributed by atoms with Crippen LogP contribution in [0.1, 0.15) is 0 Å². The van der Waals surface area contributed by atoms with Crippen molar-refractivity contribution in [1.29, 1.82) is 0 Å². The van der Waals surface area contributed by atoms with Crippen molar-refractivity contribution in [1.82, 2.24) is 4.57 Å². The highest BCUT2D eigenvalue weighted by atomic mass is 79.9. The van der Waals surface area contributed by atoms with Gasteiger partial charge in [-0.3, -0.25) is 0 Å². The minimum absolute atomic E-state index is 0.394. The molecule has 0 saturated carbocycles. The van der Waals surface area contributed by atoms with Gasteiger partial charge in [0.1, 0.15) is 6.29 Å². The van der Waals surface area contributed by atoms with Gasteiger partial charge in [0, 0.05) is 26.3 Å². The molecule has 17 heavy (non-hydrogen) atoms. The fourth-order valence-electron chi connectivity index (χ4n) is 2.30. The van der Waals surface area contributed by atoms with Gasteiger partial charge in [-0.15, -0.1) is 0 Å². The minimum atomic E-state index is 0.394. The van der Waals surface area contributed by atoms with Gasteiger partial charge in [0.15, 0.2) is 0 Å². The van der Waals surface area contributed by atoms with Gasteiger partial charge >= 0.3 is 0 Å². The van der Waals surface area contributed by atoms with E-state index < -0.39 is 0 Å². The molecule has 0 saturated heterocycles. The highest BCUT2D eigenvalue weighted by Crippen LogP contribution is 2.30. The zero-order valence-electron chi connectivity index (χ0n) is 9.06. The average molecular weight is 288 g/mol. The lowest BCUT2D eigenvalue weighted by molar-refractivity contribution is -0.108. The van der Waals surface area contributed by atoms with E-state index in [-0.39, 0.29) is 0 Å². The number of rotatable bonds is 2. The van der Waals surface area contributed by atoms with E-state index in [4.69, 9.17) is 0 Å². The van der Waals surface area contributed by atoms with Crippen LogP contribution >= 0.6 is 15.9 Å². The van der Waals surface area contributed by atoms with Crippen molar-refractivity contribution in [2.75, 3.05) is 0 Å². The summed E-state index contributed by atoms with van der Waals surface area (Å²) in [6.45, 7) is 0.394. The van der Waals surface area contributed by atoms with Crippen LogP contribution in [0.2, 0.25) is 0 Å². The van der Waals surface area contributed by atoms with E-state index in [0.717, 1.165) is 21.8 Å². The quantitative estimate of drug-likeness (QED) is 0.658. The van der Waals surface area contributed by atoms with Crippen LogP contribution < -0.4 is 0 Å². The number of carbonyl (C=O) groups excluding carboxylic acids is 1. The van der Waals surface area contributed by atoms with E-state index in [1.165, 1.54) is 10.8 Å². The van der Waals surface area contributed by atoms with E-state index in [1.807, 2.05) is 34.9 Å². The number of nitrogens with zero attached hydrogens (tertiary/aromatic N) is 1. The Morgan fingerprint density at radius 1 is 1.06 bits per heavy atom. The molecule has 0 N–H and O–H groups in total. The van der Waals surface area contributed by atoms with Crippen molar-refractivity contribution in [2.24, 2.45) is 0 Å². The van der Waals surface area contributed by atoms with Crippen LogP contribution in [0.5, 0.6) is 0 Å². The predicted octanol–water partition coefficient (Wildman–Crippen LogP) is 3.76. The smallest absolute Gasteiger partial charge is 0.139 e. The van der Waals surface area contributed by atoms with Gasteiger partial charge in [-0.1, -0.05) is 34.1 Å². The van der Waals surface area contributed by atoms with Crippen molar-refractivity contribution >= 4 is 44.0 Å². The Morgan fingerprint density at radius 2 is 1.82 bits per heavy atom. The number of para-hydroxylation sites is 1. The Kier molecular flexibility index (Phi) is 2.48. The molecule has 2 nitrogen and oxygen atoms in total. The van der Waals surface area contributed by atoms with Crippen molar-refractivity contribution in [3.05, 3.63) is 46.9 Å². The summed E-state index contributed by atoms with van der Waals surface area (Å²) in [5, 5.41) is 2.36. The molecule has 3 heteroatoms. The Morgan fingerprint density at radius 3 is 2.65 bits per heavy atom. The third-order valence-corrected chi connectivity index (χ3v) is 3.48. The fraction of sp³-hybridized carbons (Fsp3) is 0.0714. The monoisotopic (exact) mass is 287 g/mol. The number of benzene rings is 2. The molecule has 0 aliphatic rings. The third-order valence-electron chi connectivity index (χ3n) is 2.99. The first-order chi connectivity index (χ1) is 8.31. The van der Waals surface area contributed by atoms with Crippen LogP contribution in [0.3, 0.4) is 0 Å². The number of fused-ring (bicyclic) bond motifs is 3. The van der Waals surface area contributed by atoms with Crippen LogP contribution in [0, 0.1) is 0 Å². The molecular weight excluding hydrogens is 278 g/mol. The Hall–Kier alpha value is -1.61. The van der Waals surface area contributed by atoms with Crippen LogP contribution in [0.25, 0.3) is 21.8 Å². The summed E-state index contributed by atoms with van der Waals surface area (Å²) in [7, 11) is 0. The summed E-state index contributed by atoms with van der Waals surface area (Å²) in [6, 6.07) is 14.3. The second-order valence-electron chi connectivity index (χ2n) is 3.96. The zero-order valence-corrected chi connectivity index (χ0v) is 10.6. The van der Waals surface area contributed by atoms with Gasteiger partial charge in [0.05, 0.1) is 6.54 Å². The first-order valence-corrected chi connectivity index (χ1v) is 6.20. The highest BCUT2D eigenvalue weighted by molar-refractivity contribution is 9.10. The highest BCUT2D eigenvalue weighted by Gasteiger charge is 2.09. The number of halogens is 1. The van der Waals surface area contributed by atoms with E-state index >= 15 is 0 Å². The van der Waals surface area contributed by atoms with Gasteiger partial charge in [-0.2, -0.15) is 0 Å². The lowest BCUT2D eigenvalue weighted by atomic mass is 10.2. The maximum absolute atomic E-state index is 10.8. The summed E-state index contributed by atoms with van der Waals surface area (Å²) in [6.07, 6.45) is 0.938. The number of aldehydes is 1. The van der Waals surface area contributed by atoms with E-state index in [1.54, 1.807) is 0 Å². The molecule has 0 amide bonds. The maximum Gasteiger partial charge on any atom is 0.139 e. The molecule has 2 aromatic carbocycles. The van der Waals surface area contributed by atoms with Gasteiger partial charge in [0.2, 0.25) is 0 Å². The summed E-state index contributed by atoms with van der Waals surface area (Å²) < 4.78 is 3.10. The SMILES string of the molecule is O=CCn1c2ccccc2c2cc(Br)ccc21. The molecule has 0 aliphatic carbocycles. The normalized spacial score (nSPS) is 11.1. The Labute approximate surface area is 107 Å². The summed E-state index contributed by atoms with van der Waals surface area (Å²) in [4.78, 5) is 10.8. The van der Waals surface area contributed by atoms with Crippen LogP contribution in [0.15, 0.2) is 46.9 Å². The molecule has 0 bridgehead atoms. The number of hydrogen-bond donors (Lipinski definition) is 0. The van der Waals surface area contributed by atoms with Crippen molar-refractivity contribution in [3.63, 3.8) is 0 Å². The lowest BCUT2D eigenvalue weighted by Crippen LogP contribution is -1.97. The van der Waals surface area contributed by atoms with Crippen LogP contribution in [-0.2, 0) is 11.3 Å². The van der Waals surface area contributed by atoms with Crippen LogP contribution in [-0.4, -0.2) is 10.9 Å². The van der Waals surface area contributed by atoms with Crippen molar-refractivity contribution in [2.45, 2.75) is 6.54 Å². The standard InChI is InChI=1S/C14H10BrNO/c15-10-5-6-14-12(9-10)11-3-1-2-4-13(11)16(14)7-8-17/h1-6,8-9H,7H2. The Bertz CT molecular complexity index is 715. The molecule has 0 aliphatic heterocycles. The minimum Gasteiger partial charge on any atom is -0.333 e. The third kappa shape index (κ3) is 1.58. The molecule has 3 rings (SSSR count). The number of aromatic nitrogens is 1. The predicted molar refractivity (Wildman–Crippen MR) is 73.2 cm³/mol. The fourth-order valence-corrected chi connectivity index (χ4v) is 2.66. The largest absolute Gasteiger partial charge is 0.333 e. The van der Waals surface area contributed by atoms with E-state index in [9.17, 15) is 4.79 Å². The first kappa shape index (κ1) is 10.5. The second-order valence-corrected chi connectivity index (χ2v) is 4.87. The zero-order chi connectivity index (χ0) is 11.8. The van der Waals surface area contributed by atoms with Gasteiger partial charge in [-0.25, -0.2) is 0 Å². The molecule has 0 atom stereocenters. The number of carbonyl (C=O) groups is 1. The molecule has 1 aromatic heterocycles. The number of hydrogen-bond acceptors (Lipinski definition) is 1. The van der Waals surface area contributed by atoms with Gasteiger partial charge in [-0.05, 0) is 24.3 Å². The van der Waals surface area contributed by atoms with Crippen molar-refractivity contribution in [3.8, 4) is 0 Å². The summed E-state index contributed by atoms with van der Waals surface area (Å²) in [5.74, 6) is 0. The van der Waals surface area contributed by atoms with E-state index in [2.05, 4.69) is 28.1 Å². The molecule has 0 unspecified atom stereocenters. The van der Waals surface area contributed by atoms with Crippen molar-refractivity contribution < 1.29 is 4.79 Å². The van der Waals surface area contributed by atoms with E-state index in [0.29, 0.717) is 6.54 Å². The summed E-state index contributed by atoms with van der Waals surface area (Å²) in [5.41, 5.74) is 2.20. The first-order valence-electron chi connectivity index (χ1n) is 5.41. The molecular formula is C14H10BrNO. The summed E-state index contributed by atoms with van der Waals surface area (Å²) >= 11 is 3.49. The molecule has 0 spiro atoms. The molecule has 0 radical (unpaired) electrons. The molecule has 0 fully saturated rings. The van der Waals surface area contributed by atoms with Gasteiger partial charge in [0.25, 0.3) is 0 Å². The second kappa shape index (κ2) is 4.00. The molecule has 1 heterocycles. The topological polar surface area (TPSA) is 22.0 Å². The molecule has 3 aromatic rings.